The number of hydrogen-bond acceptors (Lipinski definition) is 3. The predicted molar refractivity (Wildman–Crippen MR) is 62.5 cm³/mol. The van der Waals surface area contributed by atoms with Crippen LogP contribution in [0.2, 0.25) is 5.02 Å². The summed E-state index contributed by atoms with van der Waals surface area (Å²) in [5, 5.41) is 3.92. The molecule has 84 valence electrons. The number of hydrogen-bond donors (Lipinski definition) is 1. The molecule has 3 nitrogen and oxygen atoms in total. The first-order valence-electron chi connectivity index (χ1n) is 5.27. The van der Waals surface area contributed by atoms with Crippen molar-refractivity contribution in [3.63, 3.8) is 0 Å². The van der Waals surface area contributed by atoms with Crippen molar-refractivity contribution in [3.8, 4) is 5.75 Å². The van der Waals surface area contributed by atoms with Crippen molar-refractivity contribution < 1.29 is 4.74 Å². The van der Waals surface area contributed by atoms with Crippen LogP contribution in [0, 0.1) is 0 Å². The summed E-state index contributed by atoms with van der Waals surface area (Å²) in [6, 6.07) is 1.77. The zero-order valence-corrected chi connectivity index (χ0v) is 9.76. The summed E-state index contributed by atoms with van der Waals surface area (Å²) in [6.07, 6.45) is 5.42. The molecule has 0 saturated carbocycles. The van der Waals surface area contributed by atoms with Gasteiger partial charge in [-0.3, -0.25) is 4.98 Å². The van der Waals surface area contributed by atoms with Gasteiger partial charge in [-0.25, -0.2) is 0 Å². The van der Waals surface area contributed by atoms with Crippen molar-refractivity contribution in [1.82, 2.24) is 10.3 Å². The first-order chi connectivity index (χ1) is 7.33. The number of ether oxygens (including phenoxy) is 1. The Bertz CT molecular complexity index is 281. The Balaban J connectivity index is 2.10. The van der Waals surface area contributed by atoms with Crippen molar-refractivity contribution in [2.24, 2.45) is 0 Å². The van der Waals surface area contributed by atoms with Crippen LogP contribution in [0.1, 0.15) is 19.8 Å². The lowest BCUT2D eigenvalue weighted by Gasteiger charge is -2.06. The maximum Gasteiger partial charge on any atom is 0.139 e. The fraction of sp³-hybridized carbons (Fsp3) is 0.545. The molecule has 15 heavy (non-hydrogen) atoms. The van der Waals surface area contributed by atoms with Gasteiger partial charge in [-0.05, 0) is 25.9 Å². The minimum atomic E-state index is 0.608. The standard InChI is InChI=1S/C11H17ClN2O/c1-2-4-13-5-3-6-15-11-7-10(12)8-14-9-11/h7-9,13H,2-6H2,1H3. The molecule has 0 aromatic carbocycles. The molecule has 1 rings (SSSR count). The second-order valence-corrected chi connectivity index (χ2v) is 3.73. The van der Waals surface area contributed by atoms with E-state index in [1.807, 2.05) is 0 Å². The van der Waals surface area contributed by atoms with Crippen LogP contribution in [0.15, 0.2) is 18.5 Å². The monoisotopic (exact) mass is 228 g/mol. The molecule has 0 unspecified atom stereocenters. The number of nitrogens with one attached hydrogen (secondary N) is 1. The third-order valence-corrected chi connectivity index (χ3v) is 2.08. The minimum absolute atomic E-state index is 0.608. The molecule has 0 saturated heterocycles. The van der Waals surface area contributed by atoms with Gasteiger partial charge in [-0.2, -0.15) is 0 Å². The van der Waals surface area contributed by atoms with Crippen LogP contribution in [0.25, 0.3) is 0 Å². The van der Waals surface area contributed by atoms with Crippen molar-refractivity contribution in [2.45, 2.75) is 19.8 Å². The summed E-state index contributed by atoms with van der Waals surface area (Å²) in [6.45, 7) is 4.90. The van der Waals surface area contributed by atoms with Gasteiger partial charge in [0.25, 0.3) is 0 Å². The smallest absolute Gasteiger partial charge is 0.139 e. The average Bonchev–Trinajstić information content (AvgIpc) is 2.23. The van der Waals surface area contributed by atoms with E-state index in [0.29, 0.717) is 11.6 Å². The highest BCUT2D eigenvalue weighted by Crippen LogP contribution is 2.14. The molecule has 0 aliphatic heterocycles. The van der Waals surface area contributed by atoms with Gasteiger partial charge in [0.1, 0.15) is 5.75 Å². The Morgan fingerprint density at radius 1 is 1.40 bits per heavy atom. The average molecular weight is 229 g/mol. The highest BCUT2D eigenvalue weighted by atomic mass is 35.5. The first kappa shape index (κ1) is 12.3. The minimum Gasteiger partial charge on any atom is -0.492 e. The number of nitrogens with zero attached hydrogens (tertiary/aromatic N) is 1. The van der Waals surface area contributed by atoms with E-state index in [0.717, 1.165) is 25.3 Å². The summed E-state index contributed by atoms with van der Waals surface area (Å²) >= 11 is 5.77. The quantitative estimate of drug-likeness (QED) is 0.729. The Morgan fingerprint density at radius 2 is 2.27 bits per heavy atom. The van der Waals surface area contributed by atoms with Crippen LogP contribution in [0.3, 0.4) is 0 Å². The number of aromatic nitrogens is 1. The van der Waals surface area contributed by atoms with Crippen LogP contribution in [-0.4, -0.2) is 24.7 Å². The van der Waals surface area contributed by atoms with E-state index in [-0.39, 0.29) is 0 Å². The van der Waals surface area contributed by atoms with E-state index in [9.17, 15) is 0 Å². The SMILES string of the molecule is CCCNCCCOc1cncc(Cl)c1. The van der Waals surface area contributed by atoms with Crippen molar-refractivity contribution in [2.75, 3.05) is 19.7 Å². The van der Waals surface area contributed by atoms with Crippen molar-refractivity contribution >= 4 is 11.6 Å². The molecular formula is C11H17ClN2O. The molecule has 0 fully saturated rings. The van der Waals surface area contributed by atoms with E-state index >= 15 is 0 Å². The fourth-order valence-corrected chi connectivity index (χ4v) is 1.32. The second-order valence-electron chi connectivity index (χ2n) is 3.29. The van der Waals surface area contributed by atoms with Gasteiger partial charge >= 0.3 is 0 Å². The van der Waals surface area contributed by atoms with Crippen molar-refractivity contribution in [1.29, 1.82) is 0 Å². The van der Waals surface area contributed by atoms with E-state index in [2.05, 4.69) is 17.2 Å². The predicted octanol–water partition coefficient (Wildman–Crippen LogP) is 2.50. The molecule has 0 bridgehead atoms. The van der Waals surface area contributed by atoms with Gasteiger partial charge in [0.15, 0.2) is 0 Å². The summed E-state index contributed by atoms with van der Waals surface area (Å²) in [5.41, 5.74) is 0. The topological polar surface area (TPSA) is 34.1 Å². The van der Waals surface area contributed by atoms with Gasteiger partial charge in [0, 0.05) is 12.3 Å². The molecule has 4 heteroatoms. The third-order valence-electron chi connectivity index (χ3n) is 1.87. The molecule has 0 aliphatic rings. The van der Waals surface area contributed by atoms with Gasteiger partial charge < -0.3 is 10.1 Å². The van der Waals surface area contributed by atoms with E-state index in [4.69, 9.17) is 16.3 Å². The Hall–Kier alpha value is -0.800. The maximum atomic E-state index is 5.77. The Morgan fingerprint density at radius 3 is 3.00 bits per heavy atom. The van der Waals surface area contributed by atoms with Gasteiger partial charge in [0.2, 0.25) is 0 Å². The fourth-order valence-electron chi connectivity index (χ4n) is 1.16. The van der Waals surface area contributed by atoms with Crippen LogP contribution >= 0.6 is 11.6 Å². The zero-order chi connectivity index (χ0) is 10.9. The van der Waals surface area contributed by atoms with E-state index < -0.39 is 0 Å². The van der Waals surface area contributed by atoms with Gasteiger partial charge in [-0.15, -0.1) is 0 Å². The van der Waals surface area contributed by atoms with Crippen LogP contribution in [0.4, 0.5) is 0 Å². The summed E-state index contributed by atoms with van der Waals surface area (Å²) in [4.78, 5) is 3.94. The number of halogens is 1. The van der Waals surface area contributed by atoms with Gasteiger partial charge in [0.05, 0.1) is 17.8 Å². The molecule has 0 radical (unpaired) electrons. The number of rotatable bonds is 7. The molecule has 0 atom stereocenters. The molecule has 1 heterocycles. The molecule has 0 aliphatic carbocycles. The molecule has 0 spiro atoms. The molecule has 1 aromatic heterocycles. The molecule has 1 aromatic rings. The number of pyridine rings is 1. The van der Waals surface area contributed by atoms with Crippen LogP contribution in [-0.2, 0) is 0 Å². The first-order valence-corrected chi connectivity index (χ1v) is 5.65. The zero-order valence-electron chi connectivity index (χ0n) is 9.00. The summed E-state index contributed by atoms with van der Waals surface area (Å²) < 4.78 is 5.48. The highest BCUT2D eigenvalue weighted by molar-refractivity contribution is 6.30. The Labute approximate surface area is 95.8 Å². The lowest BCUT2D eigenvalue weighted by atomic mass is 10.4. The van der Waals surface area contributed by atoms with E-state index in [1.54, 1.807) is 18.5 Å². The summed E-state index contributed by atoms with van der Waals surface area (Å²) in [7, 11) is 0. The van der Waals surface area contributed by atoms with E-state index in [1.165, 1.54) is 6.42 Å². The van der Waals surface area contributed by atoms with Crippen LogP contribution < -0.4 is 10.1 Å². The summed E-state index contributed by atoms with van der Waals surface area (Å²) in [5.74, 6) is 0.734. The third kappa shape index (κ3) is 5.60. The normalized spacial score (nSPS) is 10.3. The highest BCUT2D eigenvalue weighted by Gasteiger charge is 1.95. The van der Waals surface area contributed by atoms with Gasteiger partial charge in [-0.1, -0.05) is 18.5 Å². The lowest BCUT2D eigenvalue weighted by molar-refractivity contribution is 0.307. The maximum absolute atomic E-state index is 5.77. The Kier molecular flexibility index (Phi) is 6.12. The second kappa shape index (κ2) is 7.49. The molecule has 1 N–H and O–H groups in total. The van der Waals surface area contributed by atoms with Crippen LogP contribution in [0.5, 0.6) is 5.75 Å². The molecule has 0 amide bonds. The van der Waals surface area contributed by atoms with Crippen molar-refractivity contribution in [3.05, 3.63) is 23.5 Å². The largest absolute Gasteiger partial charge is 0.492 e. The lowest BCUT2D eigenvalue weighted by Crippen LogP contribution is -2.18. The molecular weight excluding hydrogens is 212 g/mol.